The Labute approximate surface area is 213 Å². The van der Waals surface area contributed by atoms with E-state index in [-0.39, 0.29) is 30.0 Å². The van der Waals surface area contributed by atoms with Gasteiger partial charge in [-0.1, -0.05) is 33.1 Å². The molecule has 1 saturated heterocycles. The molecule has 2 fully saturated rings. The monoisotopic (exact) mass is 498 g/mol. The van der Waals surface area contributed by atoms with Crippen LogP contribution in [0.4, 0.5) is 0 Å². The van der Waals surface area contributed by atoms with E-state index in [0.29, 0.717) is 28.9 Å². The molecule has 1 aliphatic heterocycles. The third-order valence-electron chi connectivity index (χ3n) is 7.82. The van der Waals surface area contributed by atoms with Gasteiger partial charge >= 0.3 is 0 Å². The normalized spacial score (nSPS) is 21.6. The number of carbonyl (C=O) groups excluding carboxylic acids is 2. The second-order valence-electron chi connectivity index (χ2n) is 11.1. The molecule has 9 nitrogen and oxygen atoms in total. The maximum absolute atomic E-state index is 13.2. The van der Waals surface area contributed by atoms with Crippen molar-refractivity contribution < 1.29 is 9.59 Å². The SMILES string of the molecule is Cc1c(C(=O)NC2CCCCC2)c(C)n2cnn(CC(=O)NCCCN3CC(C)CC(C)C3)c(=O)c12. The van der Waals surface area contributed by atoms with Gasteiger partial charge in [0.05, 0.1) is 5.56 Å². The predicted octanol–water partition coefficient (Wildman–Crippen LogP) is 2.66. The number of nitrogens with zero attached hydrogens (tertiary/aromatic N) is 4. The predicted molar refractivity (Wildman–Crippen MR) is 140 cm³/mol. The molecule has 2 aromatic heterocycles. The third kappa shape index (κ3) is 5.99. The number of hydrogen-bond donors (Lipinski definition) is 2. The molecule has 0 aromatic carbocycles. The quantitative estimate of drug-likeness (QED) is 0.545. The van der Waals surface area contributed by atoms with Gasteiger partial charge in [-0.3, -0.25) is 18.8 Å². The van der Waals surface area contributed by atoms with Crippen molar-refractivity contribution in [2.24, 2.45) is 11.8 Å². The fraction of sp³-hybridized carbons (Fsp3) is 0.704. The first-order chi connectivity index (χ1) is 17.2. The summed E-state index contributed by atoms with van der Waals surface area (Å²) in [5, 5.41) is 10.3. The highest BCUT2D eigenvalue weighted by Crippen LogP contribution is 2.23. The molecule has 2 unspecified atom stereocenters. The number of piperidine rings is 1. The average Bonchev–Trinajstić information content (AvgIpc) is 3.09. The molecule has 4 rings (SSSR count). The zero-order valence-electron chi connectivity index (χ0n) is 22.3. The van der Waals surface area contributed by atoms with Gasteiger partial charge < -0.3 is 15.5 Å². The lowest BCUT2D eigenvalue weighted by atomic mass is 9.92. The molecule has 9 heteroatoms. The summed E-state index contributed by atoms with van der Waals surface area (Å²) >= 11 is 0. The van der Waals surface area contributed by atoms with E-state index < -0.39 is 0 Å². The Kier molecular flexibility index (Phi) is 8.49. The number of nitrogens with one attached hydrogen (secondary N) is 2. The number of fused-ring (bicyclic) bond motifs is 1. The van der Waals surface area contributed by atoms with E-state index in [1.54, 1.807) is 11.3 Å². The van der Waals surface area contributed by atoms with Gasteiger partial charge in [-0.05, 0) is 63.5 Å². The molecule has 198 valence electrons. The summed E-state index contributed by atoms with van der Waals surface area (Å²) in [4.78, 5) is 41.3. The summed E-state index contributed by atoms with van der Waals surface area (Å²) in [6.07, 6.45) is 9.17. The van der Waals surface area contributed by atoms with Crippen LogP contribution in [0.3, 0.4) is 0 Å². The van der Waals surface area contributed by atoms with Gasteiger partial charge in [0.2, 0.25) is 5.91 Å². The van der Waals surface area contributed by atoms with Crippen LogP contribution in [0, 0.1) is 25.7 Å². The summed E-state index contributed by atoms with van der Waals surface area (Å²) < 4.78 is 2.86. The number of hydrogen-bond acceptors (Lipinski definition) is 5. The molecular formula is C27H42N6O3. The third-order valence-corrected chi connectivity index (χ3v) is 7.82. The Morgan fingerprint density at radius 3 is 2.47 bits per heavy atom. The van der Waals surface area contributed by atoms with E-state index in [4.69, 9.17) is 0 Å². The molecule has 1 aliphatic carbocycles. The van der Waals surface area contributed by atoms with Gasteiger partial charge in [0.1, 0.15) is 18.4 Å². The Balaban J connectivity index is 1.37. The van der Waals surface area contributed by atoms with Crippen molar-refractivity contribution >= 4 is 17.3 Å². The van der Waals surface area contributed by atoms with Crippen molar-refractivity contribution in [2.45, 2.75) is 85.2 Å². The Morgan fingerprint density at radius 2 is 1.78 bits per heavy atom. The van der Waals surface area contributed by atoms with Gasteiger partial charge in [-0.15, -0.1) is 0 Å². The minimum absolute atomic E-state index is 0.137. The number of carbonyl (C=O) groups is 2. The van der Waals surface area contributed by atoms with Crippen LogP contribution in [0.1, 0.15) is 80.4 Å². The van der Waals surface area contributed by atoms with Crippen LogP contribution >= 0.6 is 0 Å². The molecular weight excluding hydrogens is 456 g/mol. The number of rotatable bonds is 8. The highest BCUT2D eigenvalue weighted by atomic mass is 16.2. The highest BCUT2D eigenvalue weighted by molar-refractivity contribution is 5.99. The molecule has 0 bridgehead atoms. The van der Waals surface area contributed by atoms with Crippen molar-refractivity contribution in [2.75, 3.05) is 26.2 Å². The summed E-state index contributed by atoms with van der Waals surface area (Å²) in [5.41, 5.74) is 1.90. The first-order valence-corrected chi connectivity index (χ1v) is 13.6. The first kappa shape index (κ1) is 26.4. The molecule has 1 saturated carbocycles. The highest BCUT2D eigenvalue weighted by Gasteiger charge is 2.25. The van der Waals surface area contributed by atoms with Crippen molar-refractivity contribution in [3.8, 4) is 0 Å². The Bertz CT molecular complexity index is 1140. The van der Waals surface area contributed by atoms with Crippen LogP contribution in [-0.4, -0.2) is 63.1 Å². The molecule has 2 atom stereocenters. The Hall–Kier alpha value is -2.68. The van der Waals surface area contributed by atoms with Crippen molar-refractivity contribution in [1.29, 1.82) is 0 Å². The number of amides is 2. The van der Waals surface area contributed by atoms with Crippen molar-refractivity contribution in [3.05, 3.63) is 33.5 Å². The minimum Gasteiger partial charge on any atom is -0.354 e. The van der Waals surface area contributed by atoms with Gasteiger partial charge in [0.25, 0.3) is 11.5 Å². The van der Waals surface area contributed by atoms with E-state index in [1.165, 1.54) is 23.9 Å². The van der Waals surface area contributed by atoms with E-state index in [0.717, 1.165) is 63.6 Å². The minimum atomic E-state index is -0.360. The summed E-state index contributed by atoms with van der Waals surface area (Å²) in [6.45, 7) is 11.9. The van der Waals surface area contributed by atoms with Gasteiger partial charge in [0.15, 0.2) is 0 Å². The second-order valence-corrected chi connectivity index (χ2v) is 11.1. The van der Waals surface area contributed by atoms with Gasteiger partial charge in [-0.2, -0.15) is 5.10 Å². The lowest BCUT2D eigenvalue weighted by molar-refractivity contribution is -0.121. The molecule has 2 N–H and O–H groups in total. The molecule has 36 heavy (non-hydrogen) atoms. The summed E-state index contributed by atoms with van der Waals surface area (Å²) in [6, 6.07) is 0.188. The van der Waals surface area contributed by atoms with E-state index in [1.807, 2.05) is 6.92 Å². The van der Waals surface area contributed by atoms with Crippen LogP contribution in [0.25, 0.3) is 5.52 Å². The van der Waals surface area contributed by atoms with Crippen molar-refractivity contribution in [3.63, 3.8) is 0 Å². The molecule has 2 amide bonds. The van der Waals surface area contributed by atoms with Crippen LogP contribution in [-0.2, 0) is 11.3 Å². The Morgan fingerprint density at radius 1 is 1.08 bits per heavy atom. The van der Waals surface area contributed by atoms with Crippen LogP contribution in [0.5, 0.6) is 0 Å². The molecule has 0 radical (unpaired) electrons. The van der Waals surface area contributed by atoms with Crippen molar-refractivity contribution in [1.82, 2.24) is 29.7 Å². The zero-order chi connectivity index (χ0) is 25.8. The molecule has 0 spiro atoms. The topological polar surface area (TPSA) is 101 Å². The number of aryl methyl sites for hydroxylation is 2. The maximum Gasteiger partial charge on any atom is 0.291 e. The number of aromatic nitrogens is 3. The summed E-state index contributed by atoms with van der Waals surface area (Å²) in [5.74, 6) is 1.07. The molecule has 3 heterocycles. The second kappa shape index (κ2) is 11.6. The molecule has 2 aromatic rings. The molecule has 2 aliphatic rings. The van der Waals surface area contributed by atoms with Crippen LogP contribution in [0.2, 0.25) is 0 Å². The lowest BCUT2D eigenvalue weighted by Gasteiger charge is -2.34. The summed E-state index contributed by atoms with van der Waals surface area (Å²) in [7, 11) is 0. The number of likely N-dealkylation sites (tertiary alicyclic amines) is 1. The van der Waals surface area contributed by atoms with E-state index >= 15 is 0 Å². The van der Waals surface area contributed by atoms with Gasteiger partial charge in [0, 0.05) is 31.4 Å². The van der Waals surface area contributed by atoms with Gasteiger partial charge in [-0.25, -0.2) is 4.68 Å². The fourth-order valence-corrected chi connectivity index (χ4v) is 6.20. The van der Waals surface area contributed by atoms with Crippen LogP contribution < -0.4 is 16.2 Å². The largest absolute Gasteiger partial charge is 0.354 e. The lowest BCUT2D eigenvalue weighted by Crippen LogP contribution is -2.40. The average molecular weight is 499 g/mol. The smallest absolute Gasteiger partial charge is 0.291 e. The van der Waals surface area contributed by atoms with E-state index in [9.17, 15) is 14.4 Å². The first-order valence-electron chi connectivity index (χ1n) is 13.6. The fourth-order valence-electron chi connectivity index (χ4n) is 6.20. The standard InChI is InChI=1S/C27H42N6O3/c1-18-13-19(2)15-31(14-18)12-8-11-28-23(34)16-33-27(36)25-20(3)24(21(4)32(25)17-29-33)26(35)30-22-9-6-5-7-10-22/h17-19,22H,5-16H2,1-4H3,(H,28,34)(H,30,35). The zero-order valence-corrected chi connectivity index (χ0v) is 22.3. The van der Waals surface area contributed by atoms with E-state index in [2.05, 4.69) is 34.5 Å². The van der Waals surface area contributed by atoms with Crippen LogP contribution in [0.15, 0.2) is 11.1 Å². The maximum atomic E-state index is 13.2.